The largest absolute Gasteiger partial charge is 0.382 e. The fourth-order valence-corrected chi connectivity index (χ4v) is 2.46. The molecule has 0 aromatic heterocycles. The van der Waals surface area contributed by atoms with Gasteiger partial charge in [0.15, 0.2) is 4.91 Å². The van der Waals surface area contributed by atoms with E-state index >= 15 is 0 Å². The van der Waals surface area contributed by atoms with Gasteiger partial charge in [0.2, 0.25) is 9.84 Å². The van der Waals surface area contributed by atoms with Gasteiger partial charge in [-0.05, 0) is 12.1 Å². The van der Waals surface area contributed by atoms with Crippen LogP contribution in [0.1, 0.15) is 0 Å². The van der Waals surface area contributed by atoms with Gasteiger partial charge in [0.25, 0.3) is 0 Å². The van der Waals surface area contributed by atoms with E-state index < -0.39 is 25.5 Å². The molecule has 1 aromatic carbocycles. The molecule has 0 saturated carbocycles. The normalized spacial score (nSPS) is 12.0. The van der Waals surface area contributed by atoms with Crippen LogP contribution in [0, 0.1) is 17.1 Å². The molecule has 17 heavy (non-hydrogen) atoms. The van der Waals surface area contributed by atoms with Gasteiger partial charge in [0.1, 0.15) is 16.8 Å². The third kappa shape index (κ3) is 2.82. The van der Waals surface area contributed by atoms with Crippen molar-refractivity contribution in [2.24, 2.45) is 0 Å². The zero-order chi connectivity index (χ0) is 13.1. The van der Waals surface area contributed by atoms with E-state index in [0.717, 1.165) is 18.3 Å². The van der Waals surface area contributed by atoms with Crippen LogP contribution >= 0.6 is 0 Å². The van der Waals surface area contributed by atoms with Crippen LogP contribution in [0.3, 0.4) is 0 Å². The summed E-state index contributed by atoms with van der Waals surface area (Å²) >= 11 is 0. The van der Waals surface area contributed by atoms with Crippen molar-refractivity contribution in [1.82, 2.24) is 4.90 Å². The van der Waals surface area contributed by atoms with Crippen LogP contribution in [0.5, 0.6) is 0 Å². The summed E-state index contributed by atoms with van der Waals surface area (Å²) in [5, 5.41) is 8.82. The Kier molecular flexibility index (Phi) is 3.86. The predicted molar refractivity (Wildman–Crippen MR) is 61.0 cm³/mol. The quantitative estimate of drug-likeness (QED) is 0.767. The molecule has 1 rings (SSSR count). The first-order valence-corrected chi connectivity index (χ1v) is 6.16. The molecule has 0 spiro atoms. The Bertz CT molecular complexity index is 586. The fraction of sp³-hybridized carbons (Fsp3) is 0.182. The molecule has 0 atom stereocenters. The monoisotopic (exact) mass is 254 g/mol. The maximum Gasteiger partial charge on any atom is 0.220 e. The molecule has 4 nitrogen and oxygen atoms in total. The van der Waals surface area contributed by atoms with E-state index in [1.54, 1.807) is 20.2 Å². The number of halogens is 1. The van der Waals surface area contributed by atoms with Gasteiger partial charge in [-0.2, -0.15) is 5.26 Å². The summed E-state index contributed by atoms with van der Waals surface area (Å²) in [5.74, 6) is -0.868. The summed E-state index contributed by atoms with van der Waals surface area (Å²) in [4.78, 5) is 0.430. The lowest BCUT2D eigenvalue weighted by molar-refractivity contribution is 0.555. The second-order valence-electron chi connectivity index (χ2n) is 3.50. The Morgan fingerprint density at radius 2 is 2.00 bits per heavy atom. The van der Waals surface area contributed by atoms with Crippen molar-refractivity contribution in [3.05, 3.63) is 41.2 Å². The zero-order valence-electron chi connectivity index (χ0n) is 9.38. The molecule has 0 fully saturated rings. The van der Waals surface area contributed by atoms with Gasteiger partial charge in [-0.1, -0.05) is 12.1 Å². The number of rotatable bonds is 3. The van der Waals surface area contributed by atoms with E-state index in [4.69, 9.17) is 5.26 Å². The Morgan fingerprint density at radius 1 is 1.41 bits per heavy atom. The van der Waals surface area contributed by atoms with Crippen LogP contribution in [-0.4, -0.2) is 27.4 Å². The molecule has 0 unspecified atom stereocenters. The maximum atomic E-state index is 13.4. The lowest BCUT2D eigenvalue weighted by Gasteiger charge is -2.08. The molecule has 1 aromatic rings. The smallest absolute Gasteiger partial charge is 0.220 e. The van der Waals surface area contributed by atoms with Gasteiger partial charge >= 0.3 is 0 Å². The molecular formula is C11H11FN2O2S. The topological polar surface area (TPSA) is 61.2 Å². The average molecular weight is 254 g/mol. The molecule has 6 heteroatoms. The van der Waals surface area contributed by atoms with Gasteiger partial charge in [0, 0.05) is 20.3 Å². The molecule has 0 aliphatic heterocycles. The van der Waals surface area contributed by atoms with Crippen LogP contribution in [0.4, 0.5) is 4.39 Å². The van der Waals surface area contributed by atoms with Crippen molar-refractivity contribution in [2.75, 3.05) is 14.1 Å². The van der Waals surface area contributed by atoms with Gasteiger partial charge in [-0.15, -0.1) is 0 Å². The fourth-order valence-electron chi connectivity index (χ4n) is 1.17. The first-order valence-electron chi connectivity index (χ1n) is 4.67. The highest BCUT2D eigenvalue weighted by molar-refractivity contribution is 7.95. The summed E-state index contributed by atoms with van der Waals surface area (Å²) in [6.07, 6.45) is 1.14. The van der Waals surface area contributed by atoms with Crippen LogP contribution in [0.15, 0.2) is 40.3 Å². The summed E-state index contributed by atoms with van der Waals surface area (Å²) in [6, 6.07) is 6.52. The highest BCUT2D eigenvalue weighted by Crippen LogP contribution is 2.21. The maximum absolute atomic E-state index is 13.4. The molecule has 0 radical (unpaired) electrons. The van der Waals surface area contributed by atoms with E-state index in [1.807, 2.05) is 0 Å². The molecule has 0 aliphatic carbocycles. The predicted octanol–water partition coefficient (Wildman–Crippen LogP) is 1.53. The Hall–Kier alpha value is -1.87. The van der Waals surface area contributed by atoms with E-state index in [-0.39, 0.29) is 0 Å². The Morgan fingerprint density at radius 3 is 2.47 bits per heavy atom. The first-order chi connectivity index (χ1) is 7.89. The zero-order valence-corrected chi connectivity index (χ0v) is 10.2. The number of hydrogen-bond donors (Lipinski definition) is 0. The minimum absolute atomic E-state index is 0.491. The molecule has 0 bridgehead atoms. The number of hydrogen-bond acceptors (Lipinski definition) is 4. The average Bonchev–Trinajstić information content (AvgIpc) is 2.25. The first kappa shape index (κ1) is 13.2. The number of allylic oxidation sites excluding steroid dienone is 1. The van der Waals surface area contributed by atoms with Crippen molar-refractivity contribution >= 4 is 9.84 Å². The molecule has 0 saturated heterocycles. The second kappa shape index (κ2) is 4.97. The summed E-state index contributed by atoms with van der Waals surface area (Å²) < 4.78 is 37.3. The molecule has 90 valence electrons. The van der Waals surface area contributed by atoms with Crippen LogP contribution in [0.2, 0.25) is 0 Å². The Balaban J connectivity index is 3.40. The Labute approximate surface area is 99.5 Å². The highest BCUT2D eigenvalue weighted by atomic mass is 32.2. The van der Waals surface area contributed by atoms with Crippen LogP contribution < -0.4 is 0 Å². The number of sulfone groups is 1. The van der Waals surface area contributed by atoms with E-state index in [1.165, 1.54) is 17.0 Å². The molecule has 0 heterocycles. The number of nitrogens with zero attached hydrogens (tertiary/aromatic N) is 2. The van der Waals surface area contributed by atoms with Crippen molar-refractivity contribution < 1.29 is 12.8 Å². The standard InChI is InChI=1S/C11H11FN2O2S/c1-14(2)8-9(7-13)17(15,16)11-6-4-3-5-10(11)12/h3-6,8H,1-2H3. The van der Waals surface area contributed by atoms with E-state index in [0.29, 0.717) is 0 Å². The van der Waals surface area contributed by atoms with Gasteiger partial charge in [0.05, 0.1) is 0 Å². The van der Waals surface area contributed by atoms with Crippen molar-refractivity contribution in [3.8, 4) is 6.07 Å². The van der Waals surface area contributed by atoms with Crippen molar-refractivity contribution in [1.29, 1.82) is 5.26 Å². The number of benzene rings is 1. The molecule has 0 N–H and O–H groups in total. The third-order valence-corrected chi connectivity index (χ3v) is 3.59. The lowest BCUT2D eigenvalue weighted by Crippen LogP contribution is -2.10. The minimum Gasteiger partial charge on any atom is -0.382 e. The van der Waals surface area contributed by atoms with Gasteiger partial charge in [-0.3, -0.25) is 0 Å². The van der Waals surface area contributed by atoms with Crippen molar-refractivity contribution in [3.63, 3.8) is 0 Å². The van der Waals surface area contributed by atoms with Crippen molar-refractivity contribution in [2.45, 2.75) is 4.90 Å². The van der Waals surface area contributed by atoms with Gasteiger partial charge < -0.3 is 4.90 Å². The minimum atomic E-state index is -4.09. The summed E-state index contributed by atoms with van der Waals surface area (Å²) in [5.41, 5.74) is 0. The van der Waals surface area contributed by atoms with Crippen LogP contribution in [-0.2, 0) is 9.84 Å². The van der Waals surface area contributed by atoms with Crippen LogP contribution in [0.25, 0.3) is 0 Å². The second-order valence-corrected chi connectivity index (χ2v) is 5.39. The van der Waals surface area contributed by atoms with E-state index in [2.05, 4.69) is 0 Å². The summed E-state index contributed by atoms with van der Waals surface area (Å²) in [6.45, 7) is 0. The third-order valence-electron chi connectivity index (χ3n) is 1.90. The lowest BCUT2D eigenvalue weighted by atomic mass is 10.3. The van der Waals surface area contributed by atoms with E-state index in [9.17, 15) is 12.8 Å². The van der Waals surface area contributed by atoms with Gasteiger partial charge in [-0.25, -0.2) is 12.8 Å². The summed E-state index contributed by atoms with van der Waals surface area (Å²) in [7, 11) is -0.938. The molecular weight excluding hydrogens is 243 g/mol. The number of nitriles is 1. The highest BCUT2D eigenvalue weighted by Gasteiger charge is 2.24. The molecule has 0 aliphatic rings. The molecule has 0 amide bonds. The SMILES string of the molecule is CN(C)C=C(C#N)S(=O)(=O)c1ccccc1F.